The number of methoxy groups -OCH3 is 2. The highest BCUT2D eigenvalue weighted by Crippen LogP contribution is 2.43. The third-order valence-electron chi connectivity index (χ3n) is 5.40. The number of nitrogens with zero attached hydrogens (tertiary/aromatic N) is 3. The van der Waals surface area contributed by atoms with Crippen molar-refractivity contribution in [3.05, 3.63) is 72.3 Å². The van der Waals surface area contributed by atoms with Crippen LogP contribution in [0.2, 0.25) is 0 Å². The molecule has 1 aliphatic heterocycles. The average molecular weight is 452 g/mol. The molecule has 32 heavy (non-hydrogen) atoms. The number of hydrogen-bond acceptors (Lipinski definition) is 5. The fraction of sp³-hybridized carbons (Fsp3) is 0.261. The minimum atomic E-state index is -0.268. The number of aromatic nitrogens is 2. The quantitative estimate of drug-likeness (QED) is 0.534. The molecule has 1 aromatic carbocycles. The van der Waals surface area contributed by atoms with Gasteiger partial charge in [0.1, 0.15) is 18.4 Å². The Morgan fingerprint density at radius 3 is 2.72 bits per heavy atom. The molecule has 3 aromatic rings. The molecule has 4 rings (SSSR count). The fourth-order valence-electron chi connectivity index (χ4n) is 3.98. The highest BCUT2D eigenvalue weighted by Gasteiger charge is 2.42. The summed E-state index contributed by atoms with van der Waals surface area (Å²) in [6, 6.07) is 15.2. The monoisotopic (exact) mass is 451 g/mol. The molecular formula is C23H25N5O3S. The lowest BCUT2D eigenvalue weighted by Gasteiger charge is -2.29. The van der Waals surface area contributed by atoms with Crippen LogP contribution in [0.4, 0.5) is 11.4 Å². The largest absolute Gasteiger partial charge is 0.495 e. The van der Waals surface area contributed by atoms with E-state index in [1.165, 1.54) is 7.11 Å². The van der Waals surface area contributed by atoms with E-state index in [-0.39, 0.29) is 24.6 Å². The smallest absolute Gasteiger partial charge is 0.250 e. The molecule has 1 aliphatic rings. The summed E-state index contributed by atoms with van der Waals surface area (Å²) in [7, 11) is 5.05. The van der Waals surface area contributed by atoms with Gasteiger partial charge in [0.05, 0.1) is 24.5 Å². The average Bonchev–Trinajstić information content (AvgIpc) is 3.36. The Hall–Kier alpha value is -3.43. The van der Waals surface area contributed by atoms with Crippen molar-refractivity contribution in [2.45, 2.75) is 12.1 Å². The zero-order chi connectivity index (χ0) is 22.7. The molecule has 2 atom stereocenters. The number of carbonyl (C=O) groups excluding carboxylic acids is 1. The SMILES string of the molecule is COCC(=O)Nc1cc(N2C(=S)N[C@@H](c3ccccn3)[C@@H]2c2cccn2C)ccc1OC. The molecule has 0 aliphatic carbocycles. The number of hydrogen-bond donors (Lipinski definition) is 2. The second-order valence-electron chi connectivity index (χ2n) is 7.41. The normalized spacial score (nSPS) is 17.8. The summed E-state index contributed by atoms with van der Waals surface area (Å²) in [5.74, 6) is 0.281. The van der Waals surface area contributed by atoms with Crippen molar-refractivity contribution in [3.8, 4) is 5.75 Å². The fourth-order valence-corrected chi connectivity index (χ4v) is 4.32. The van der Waals surface area contributed by atoms with Crippen LogP contribution < -0.4 is 20.3 Å². The first kappa shape index (κ1) is 21.8. The van der Waals surface area contributed by atoms with Gasteiger partial charge in [-0.25, -0.2) is 0 Å². The van der Waals surface area contributed by atoms with E-state index in [1.807, 2.05) is 55.7 Å². The van der Waals surface area contributed by atoms with Crippen LogP contribution in [0.1, 0.15) is 23.5 Å². The minimum absolute atomic E-state index is 0.0508. The molecule has 0 saturated carbocycles. The van der Waals surface area contributed by atoms with E-state index in [0.717, 1.165) is 17.1 Å². The molecule has 8 nitrogen and oxygen atoms in total. The Morgan fingerprint density at radius 2 is 2.06 bits per heavy atom. The maximum atomic E-state index is 12.2. The Bertz CT molecular complexity index is 1120. The van der Waals surface area contributed by atoms with E-state index in [1.54, 1.807) is 13.3 Å². The third kappa shape index (κ3) is 4.17. The van der Waals surface area contributed by atoms with Gasteiger partial charge < -0.3 is 29.6 Å². The van der Waals surface area contributed by atoms with Gasteiger partial charge in [-0.05, 0) is 54.7 Å². The summed E-state index contributed by atoms with van der Waals surface area (Å²) in [4.78, 5) is 18.8. The Balaban J connectivity index is 1.78. The number of amides is 1. The number of thiocarbonyl (C=S) groups is 1. The van der Waals surface area contributed by atoms with Crippen LogP contribution in [-0.2, 0) is 16.6 Å². The second kappa shape index (κ2) is 9.37. The Kier molecular flexibility index (Phi) is 6.38. The summed E-state index contributed by atoms with van der Waals surface area (Å²) in [6.45, 7) is -0.0508. The van der Waals surface area contributed by atoms with E-state index >= 15 is 0 Å². The highest BCUT2D eigenvalue weighted by molar-refractivity contribution is 7.80. The topological polar surface area (TPSA) is 80.7 Å². The molecule has 0 spiro atoms. The van der Waals surface area contributed by atoms with E-state index in [4.69, 9.17) is 21.7 Å². The molecule has 2 N–H and O–H groups in total. The lowest BCUT2D eigenvalue weighted by atomic mass is 10.0. The molecule has 3 heterocycles. The van der Waals surface area contributed by atoms with Gasteiger partial charge in [-0.3, -0.25) is 9.78 Å². The van der Waals surface area contributed by atoms with Crippen LogP contribution in [0.25, 0.3) is 0 Å². The summed E-state index contributed by atoms with van der Waals surface area (Å²) >= 11 is 5.77. The molecular weight excluding hydrogens is 426 g/mol. The van der Waals surface area contributed by atoms with Crippen molar-refractivity contribution in [1.82, 2.24) is 14.9 Å². The maximum absolute atomic E-state index is 12.2. The van der Waals surface area contributed by atoms with Gasteiger partial charge in [0.2, 0.25) is 5.91 Å². The van der Waals surface area contributed by atoms with Gasteiger partial charge in [0.25, 0.3) is 0 Å². The predicted molar refractivity (Wildman–Crippen MR) is 127 cm³/mol. The standard InChI is InChI=1S/C23H25N5O3S/c1-27-12-6-8-18(27)22-21(16-7-4-5-11-24-16)26-23(32)28(22)15-9-10-19(31-3)17(13-15)25-20(29)14-30-2/h4-13,21-22H,14H2,1-3H3,(H,25,29)(H,26,32)/t21-,22-/m0/s1. The van der Waals surface area contributed by atoms with Crippen molar-refractivity contribution >= 4 is 34.6 Å². The van der Waals surface area contributed by atoms with Gasteiger partial charge in [0, 0.05) is 37.9 Å². The molecule has 0 radical (unpaired) electrons. The first-order chi connectivity index (χ1) is 15.5. The zero-order valence-corrected chi connectivity index (χ0v) is 18.9. The number of aryl methyl sites for hydroxylation is 1. The van der Waals surface area contributed by atoms with Crippen LogP contribution in [-0.4, -0.2) is 41.4 Å². The maximum Gasteiger partial charge on any atom is 0.250 e. The van der Waals surface area contributed by atoms with Gasteiger partial charge in [-0.15, -0.1) is 0 Å². The van der Waals surface area contributed by atoms with Crippen molar-refractivity contribution < 1.29 is 14.3 Å². The lowest BCUT2D eigenvalue weighted by Crippen LogP contribution is -2.30. The van der Waals surface area contributed by atoms with E-state index < -0.39 is 0 Å². The van der Waals surface area contributed by atoms with Crippen LogP contribution in [0.3, 0.4) is 0 Å². The van der Waals surface area contributed by atoms with Gasteiger partial charge >= 0.3 is 0 Å². The number of carbonyl (C=O) groups is 1. The van der Waals surface area contributed by atoms with Crippen molar-refractivity contribution in [1.29, 1.82) is 0 Å². The first-order valence-corrected chi connectivity index (χ1v) is 10.5. The number of anilines is 2. The number of benzene rings is 1. The molecule has 0 unspecified atom stereocenters. The van der Waals surface area contributed by atoms with Gasteiger partial charge in [0.15, 0.2) is 5.11 Å². The van der Waals surface area contributed by atoms with E-state index in [0.29, 0.717) is 16.5 Å². The highest BCUT2D eigenvalue weighted by atomic mass is 32.1. The summed E-state index contributed by atoms with van der Waals surface area (Å²) in [5.41, 5.74) is 3.34. The second-order valence-corrected chi connectivity index (χ2v) is 7.79. The minimum Gasteiger partial charge on any atom is -0.495 e. The Labute approximate surface area is 192 Å². The first-order valence-electron chi connectivity index (χ1n) is 10.1. The molecule has 9 heteroatoms. The van der Waals surface area contributed by atoms with Crippen molar-refractivity contribution in [3.63, 3.8) is 0 Å². The third-order valence-corrected chi connectivity index (χ3v) is 5.71. The van der Waals surface area contributed by atoms with E-state index in [9.17, 15) is 4.79 Å². The summed E-state index contributed by atoms with van der Waals surface area (Å²) in [5, 5.41) is 6.86. The van der Waals surface area contributed by atoms with E-state index in [2.05, 4.69) is 31.2 Å². The van der Waals surface area contributed by atoms with Crippen molar-refractivity contribution in [2.24, 2.45) is 7.05 Å². The predicted octanol–water partition coefficient (Wildman–Crippen LogP) is 3.19. The zero-order valence-electron chi connectivity index (χ0n) is 18.1. The number of nitrogens with one attached hydrogen (secondary N) is 2. The summed E-state index contributed by atoms with van der Waals surface area (Å²) in [6.07, 6.45) is 3.79. The number of pyridine rings is 1. The van der Waals surface area contributed by atoms with Crippen LogP contribution >= 0.6 is 12.2 Å². The molecule has 1 saturated heterocycles. The number of rotatable bonds is 7. The molecule has 0 bridgehead atoms. The van der Waals surface area contributed by atoms with Gasteiger partial charge in [-0.2, -0.15) is 0 Å². The summed E-state index contributed by atoms with van der Waals surface area (Å²) < 4.78 is 12.5. The van der Waals surface area contributed by atoms with Crippen molar-refractivity contribution in [2.75, 3.05) is 31.0 Å². The number of ether oxygens (including phenoxy) is 2. The molecule has 1 amide bonds. The molecule has 166 valence electrons. The van der Waals surface area contributed by atoms with Crippen LogP contribution in [0.15, 0.2) is 60.9 Å². The molecule has 1 fully saturated rings. The van der Waals surface area contributed by atoms with Gasteiger partial charge in [-0.1, -0.05) is 6.07 Å². The van der Waals surface area contributed by atoms with Crippen LogP contribution in [0, 0.1) is 0 Å². The van der Waals surface area contributed by atoms with Crippen LogP contribution in [0.5, 0.6) is 5.75 Å². The molecule has 2 aromatic heterocycles. The Morgan fingerprint density at radius 1 is 1.22 bits per heavy atom. The lowest BCUT2D eigenvalue weighted by molar-refractivity contribution is -0.119.